The summed E-state index contributed by atoms with van der Waals surface area (Å²) in [6, 6.07) is 0.0943. The maximum atomic E-state index is 12.3. The van der Waals surface area contributed by atoms with Gasteiger partial charge in [-0.05, 0) is 26.7 Å². The van der Waals surface area contributed by atoms with E-state index in [-0.39, 0.29) is 23.8 Å². The molecule has 0 bridgehead atoms. The molecule has 1 aliphatic heterocycles. The van der Waals surface area contributed by atoms with Gasteiger partial charge in [-0.2, -0.15) is 0 Å². The first-order chi connectivity index (χ1) is 8.65. The Hall–Kier alpha value is -1.65. The van der Waals surface area contributed by atoms with Crippen LogP contribution < -0.4 is 5.56 Å². The third-order valence-corrected chi connectivity index (χ3v) is 3.28. The van der Waals surface area contributed by atoms with E-state index >= 15 is 0 Å². The summed E-state index contributed by atoms with van der Waals surface area (Å²) in [5.41, 5.74) is -0.234. The summed E-state index contributed by atoms with van der Waals surface area (Å²) in [5.74, 6) is 0.194. The molecule has 0 fully saturated rings. The van der Waals surface area contributed by atoms with Crippen LogP contribution in [-0.2, 0) is 11.2 Å². The lowest BCUT2D eigenvalue weighted by atomic mass is 10.1. The van der Waals surface area contributed by atoms with Crippen molar-refractivity contribution in [1.82, 2.24) is 9.55 Å². The van der Waals surface area contributed by atoms with Crippen molar-refractivity contribution in [2.45, 2.75) is 45.6 Å². The molecule has 1 aromatic heterocycles. The number of aromatic nitrogens is 2. The van der Waals surface area contributed by atoms with Crippen LogP contribution in [0.2, 0.25) is 0 Å². The first kappa shape index (κ1) is 12.8. The summed E-state index contributed by atoms with van der Waals surface area (Å²) in [7, 11) is 0. The normalized spacial score (nSPS) is 18.9. The van der Waals surface area contributed by atoms with Crippen LogP contribution >= 0.6 is 0 Å². The lowest BCUT2D eigenvalue weighted by Gasteiger charge is -2.16. The van der Waals surface area contributed by atoms with Gasteiger partial charge >= 0.3 is 5.97 Å². The number of carbonyl (C=O) groups is 1. The Bertz CT molecular complexity index is 507. The van der Waals surface area contributed by atoms with Crippen LogP contribution in [0.4, 0.5) is 0 Å². The molecular formula is C13H18N2O3. The third kappa shape index (κ3) is 2.30. The molecule has 0 aromatic carbocycles. The van der Waals surface area contributed by atoms with E-state index in [4.69, 9.17) is 4.74 Å². The largest absolute Gasteiger partial charge is 0.462 e. The number of hydrogen-bond acceptors (Lipinski definition) is 4. The monoisotopic (exact) mass is 250 g/mol. The summed E-state index contributed by atoms with van der Waals surface area (Å²) >= 11 is 0. The highest BCUT2D eigenvalue weighted by atomic mass is 16.5. The second-order valence-electron chi connectivity index (χ2n) is 4.58. The average Bonchev–Trinajstić information content (AvgIpc) is 2.52. The van der Waals surface area contributed by atoms with Crippen LogP contribution in [0.25, 0.3) is 0 Å². The van der Waals surface area contributed by atoms with E-state index in [9.17, 15) is 9.59 Å². The molecule has 1 unspecified atom stereocenters. The second-order valence-corrected chi connectivity index (χ2v) is 4.58. The molecule has 1 atom stereocenters. The molecule has 1 aliphatic rings. The van der Waals surface area contributed by atoms with Gasteiger partial charge in [0.1, 0.15) is 11.4 Å². The van der Waals surface area contributed by atoms with Crippen molar-refractivity contribution >= 4 is 5.97 Å². The highest BCUT2D eigenvalue weighted by Crippen LogP contribution is 2.20. The van der Waals surface area contributed by atoms with Crippen LogP contribution in [0.3, 0.4) is 0 Å². The number of hydrogen-bond donors (Lipinski definition) is 0. The number of carbonyl (C=O) groups excluding carboxylic acids is 1. The smallest absolute Gasteiger partial charge is 0.345 e. The minimum Gasteiger partial charge on any atom is -0.462 e. The fourth-order valence-corrected chi connectivity index (χ4v) is 2.34. The predicted molar refractivity (Wildman–Crippen MR) is 66.7 cm³/mol. The maximum Gasteiger partial charge on any atom is 0.345 e. The van der Waals surface area contributed by atoms with Gasteiger partial charge in [0.15, 0.2) is 0 Å². The average molecular weight is 250 g/mol. The molecule has 0 aliphatic carbocycles. The SMILES string of the molecule is CCOC(=O)c1cnc2n(c1=O)C(C)CCCC2. The molecule has 5 heteroatoms. The van der Waals surface area contributed by atoms with Crippen LogP contribution in [0.5, 0.6) is 0 Å². The van der Waals surface area contributed by atoms with Crippen molar-refractivity contribution < 1.29 is 9.53 Å². The standard InChI is InChI=1S/C13H18N2O3/c1-3-18-13(17)10-8-14-11-7-5-4-6-9(2)15(11)12(10)16/h8-9H,3-7H2,1-2H3. The molecule has 2 rings (SSSR count). The molecule has 0 N–H and O–H groups in total. The number of nitrogens with zero attached hydrogens (tertiary/aromatic N) is 2. The Morgan fingerprint density at radius 1 is 1.56 bits per heavy atom. The van der Waals surface area contributed by atoms with E-state index in [0.29, 0.717) is 0 Å². The molecule has 0 saturated carbocycles. The van der Waals surface area contributed by atoms with E-state index < -0.39 is 5.97 Å². The van der Waals surface area contributed by atoms with Crippen molar-refractivity contribution in [2.75, 3.05) is 6.61 Å². The van der Waals surface area contributed by atoms with Crippen molar-refractivity contribution in [1.29, 1.82) is 0 Å². The number of fused-ring (bicyclic) bond motifs is 1. The van der Waals surface area contributed by atoms with E-state index in [1.165, 1.54) is 6.20 Å². The molecule has 98 valence electrons. The molecule has 0 radical (unpaired) electrons. The summed E-state index contributed by atoms with van der Waals surface area (Å²) in [6.45, 7) is 3.97. The van der Waals surface area contributed by atoms with Gasteiger partial charge in [0.05, 0.1) is 6.61 Å². The van der Waals surface area contributed by atoms with Gasteiger partial charge in [-0.1, -0.05) is 6.42 Å². The summed E-state index contributed by atoms with van der Waals surface area (Å²) in [5, 5.41) is 0. The molecular weight excluding hydrogens is 232 g/mol. The Morgan fingerprint density at radius 3 is 3.06 bits per heavy atom. The quantitative estimate of drug-likeness (QED) is 0.750. The fraction of sp³-hybridized carbons (Fsp3) is 0.615. The van der Waals surface area contributed by atoms with Crippen LogP contribution in [0.1, 0.15) is 55.3 Å². The molecule has 0 amide bonds. The zero-order valence-corrected chi connectivity index (χ0v) is 10.8. The van der Waals surface area contributed by atoms with Crippen LogP contribution in [0, 0.1) is 0 Å². The lowest BCUT2D eigenvalue weighted by Crippen LogP contribution is -2.32. The van der Waals surface area contributed by atoms with E-state index in [2.05, 4.69) is 4.98 Å². The Labute approximate surface area is 106 Å². The summed E-state index contributed by atoms with van der Waals surface area (Å²) in [4.78, 5) is 28.2. The van der Waals surface area contributed by atoms with E-state index in [0.717, 1.165) is 31.5 Å². The summed E-state index contributed by atoms with van der Waals surface area (Å²) < 4.78 is 6.53. The van der Waals surface area contributed by atoms with Crippen molar-refractivity contribution in [3.63, 3.8) is 0 Å². The topological polar surface area (TPSA) is 61.2 Å². The zero-order chi connectivity index (χ0) is 13.1. The predicted octanol–water partition coefficient (Wildman–Crippen LogP) is 1.71. The Morgan fingerprint density at radius 2 is 2.33 bits per heavy atom. The lowest BCUT2D eigenvalue weighted by molar-refractivity contribution is 0.0522. The maximum absolute atomic E-state index is 12.3. The fourth-order valence-electron chi connectivity index (χ4n) is 2.34. The van der Waals surface area contributed by atoms with Crippen molar-refractivity contribution in [2.24, 2.45) is 0 Å². The summed E-state index contributed by atoms with van der Waals surface area (Å²) in [6.07, 6.45) is 5.21. The van der Waals surface area contributed by atoms with Gasteiger partial charge in [0, 0.05) is 18.7 Å². The number of rotatable bonds is 2. The number of aryl methyl sites for hydroxylation is 1. The van der Waals surface area contributed by atoms with E-state index in [1.54, 1.807) is 11.5 Å². The van der Waals surface area contributed by atoms with Gasteiger partial charge < -0.3 is 4.74 Å². The molecule has 0 saturated heterocycles. The van der Waals surface area contributed by atoms with Crippen molar-refractivity contribution in [3.05, 3.63) is 27.9 Å². The number of esters is 1. The molecule has 1 aromatic rings. The zero-order valence-electron chi connectivity index (χ0n) is 10.8. The number of ether oxygens (including phenoxy) is 1. The molecule has 0 spiro atoms. The van der Waals surface area contributed by atoms with Crippen LogP contribution in [-0.4, -0.2) is 22.1 Å². The first-order valence-electron chi connectivity index (χ1n) is 6.42. The minimum absolute atomic E-state index is 0.0364. The highest BCUT2D eigenvalue weighted by Gasteiger charge is 2.21. The van der Waals surface area contributed by atoms with Gasteiger partial charge in [-0.25, -0.2) is 9.78 Å². The molecule has 18 heavy (non-hydrogen) atoms. The van der Waals surface area contributed by atoms with E-state index in [1.807, 2.05) is 6.92 Å². The third-order valence-electron chi connectivity index (χ3n) is 3.28. The minimum atomic E-state index is -0.582. The van der Waals surface area contributed by atoms with Gasteiger partial charge in [-0.15, -0.1) is 0 Å². The van der Waals surface area contributed by atoms with Gasteiger partial charge in [-0.3, -0.25) is 9.36 Å². The molecule has 2 heterocycles. The van der Waals surface area contributed by atoms with Crippen LogP contribution in [0.15, 0.2) is 11.0 Å². The second kappa shape index (κ2) is 5.33. The Kier molecular flexibility index (Phi) is 3.79. The van der Waals surface area contributed by atoms with Gasteiger partial charge in [0.25, 0.3) is 5.56 Å². The van der Waals surface area contributed by atoms with Crippen molar-refractivity contribution in [3.8, 4) is 0 Å². The first-order valence-corrected chi connectivity index (χ1v) is 6.42. The molecule has 5 nitrogen and oxygen atoms in total. The highest BCUT2D eigenvalue weighted by molar-refractivity contribution is 5.88. The van der Waals surface area contributed by atoms with Gasteiger partial charge in [0.2, 0.25) is 0 Å². The Balaban J connectivity index is 2.48.